The van der Waals surface area contributed by atoms with Crippen molar-refractivity contribution in [1.29, 1.82) is 0 Å². The number of rotatable bonds is 3. The van der Waals surface area contributed by atoms with E-state index in [2.05, 4.69) is 42.3 Å². The van der Waals surface area contributed by atoms with Crippen LogP contribution in [-0.4, -0.2) is 29.6 Å². The van der Waals surface area contributed by atoms with Gasteiger partial charge >= 0.3 is 6.03 Å². The molecule has 1 aliphatic heterocycles. The van der Waals surface area contributed by atoms with E-state index in [0.717, 1.165) is 38.6 Å². The van der Waals surface area contributed by atoms with Crippen molar-refractivity contribution in [3.63, 3.8) is 0 Å². The number of aryl methyl sites for hydroxylation is 2. The van der Waals surface area contributed by atoms with Crippen LogP contribution in [0.2, 0.25) is 0 Å². The van der Waals surface area contributed by atoms with Crippen LogP contribution in [0.1, 0.15) is 42.4 Å². The zero-order chi connectivity index (χ0) is 14.1. The molecular formula is C17H24N2O. The summed E-state index contributed by atoms with van der Waals surface area (Å²) in [7, 11) is 0. The van der Waals surface area contributed by atoms with Gasteiger partial charge in [0.05, 0.1) is 0 Å². The average molecular weight is 272 g/mol. The van der Waals surface area contributed by atoms with E-state index in [1.165, 1.54) is 16.7 Å². The van der Waals surface area contributed by atoms with Gasteiger partial charge in [0.1, 0.15) is 0 Å². The maximum Gasteiger partial charge on any atom is 0.317 e. The largest absolute Gasteiger partial charge is 0.335 e. The normalized spacial score (nSPS) is 22.1. The Balaban J connectivity index is 1.68. The van der Waals surface area contributed by atoms with Crippen LogP contribution < -0.4 is 5.32 Å². The molecule has 3 nitrogen and oxygen atoms in total. The van der Waals surface area contributed by atoms with Gasteiger partial charge in [0.25, 0.3) is 0 Å². The molecule has 20 heavy (non-hydrogen) atoms. The second-order valence-corrected chi connectivity index (χ2v) is 6.35. The Labute approximate surface area is 121 Å². The zero-order valence-electron chi connectivity index (χ0n) is 12.5. The number of carbonyl (C=O) groups excluding carboxylic acids is 1. The van der Waals surface area contributed by atoms with Crippen LogP contribution in [0.15, 0.2) is 18.2 Å². The summed E-state index contributed by atoms with van der Waals surface area (Å²) in [6, 6.07) is 7.59. The quantitative estimate of drug-likeness (QED) is 0.900. The molecule has 0 aromatic heterocycles. The minimum absolute atomic E-state index is 0.153. The van der Waals surface area contributed by atoms with Gasteiger partial charge in [-0.3, -0.25) is 0 Å². The molecule has 108 valence electrons. The summed E-state index contributed by atoms with van der Waals surface area (Å²) in [5, 5.41) is 3.12. The molecule has 1 aromatic carbocycles. The number of nitrogens with zero attached hydrogens (tertiary/aromatic N) is 1. The Morgan fingerprint density at radius 2 is 2.10 bits per heavy atom. The molecule has 0 spiro atoms. The van der Waals surface area contributed by atoms with Crippen molar-refractivity contribution in [1.82, 2.24) is 10.2 Å². The Morgan fingerprint density at radius 1 is 1.30 bits per heavy atom. The molecule has 0 radical (unpaired) electrons. The Morgan fingerprint density at radius 3 is 2.85 bits per heavy atom. The third-order valence-electron chi connectivity index (χ3n) is 4.50. The van der Waals surface area contributed by atoms with Gasteiger partial charge in [-0.15, -0.1) is 0 Å². The van der Waals surface area contributed by atoms with Gasteiger partial charge in [0, 0.05) is 18.6 Å². The van der Waals surface area contributed by atoms with Gasteiger partial charge in [-0.1, -0.05) is 23.8 Å². The smallest absolute Gasteiger partial charge is 0.317 e. The van der Waals surface area contributed by atoms with Crippen molar-refractivity contribution in [2.75, 3.05) is 6.54 Å². The van der Waals surface area contributed by atoms with Gasteiger partial charge < -0.3 is 10.2 Å². The van der Waals surface area contributed by atoms with E-state index >= 15 is 0 Å². The first-order valence-electron chi connectivity index (χ1n) is 7.77. The monoisotopic (exact) mass is 272 g/mol. The molecule has 1 aliphatic carbocycles. The van der Waals surface area contributed by atoms with Crippen molar-refractivity contribution in [2.45, 2.75) is 58.0 Å². The zero-order valence-corrected chi connectivity index (χ0v) is 12.5. The second kappa shape index (κ2) is 5.47. The summed E-state index contributed by atoms with van der Waals surface area (Å²) in [6.45, 7) is 5.21. The number of likely N-dealkylation sites (tertiary alicyclic amines) is 1. The van der Waals surface area contributed by atoms with E-state index in [-0.39, 0.29) is 6.03 Å². The van der Waals surface area contributed by atoms with Crippen LogP contribution >= 0.6 is 0 Å². The van der Waals surface area contributed by atoms with E-state index in [1.807, 2.05) is 0 Å². The number of urea groups is 1. The summed E-state index contributed by atoms with van der Waals surface area (Å²) in [5.74, 6) is 0. The van der Waals surface area contributed by atoms with Crippen LogP contribution in [0, 0.1) is 13.8 Å². The van der Waals surface area contributed by atoms with Crippen molar-refractivity contribution >= 4 is 6.03 Å². The number of hydrogen-bond acceptors (Lipinski definition) is 1. The molecule has 2 amide bonds. The minimum atomic E-state index is 0.153. The summed E-state index contributed by atoms with van der Waals surface area (Å²) < 4.78 is 0. The maximum absolute atomic E-state index is 12.3. The molecule has 1 atom stereocenters. The molecule has 0 bridgehead atoms. The first-order chi connectivity index (χ1) is 9.63. The van der Waals surface area contributed by atoms with Gasteiger partial charge in [0.15, 0.2) is 0 Å². The van der Waals surface area contributed by atoms with Gasteiger partial charge in [-0.2, -0.15) is 0 Å². The molecule has 3 heteroatoms. The molecule has 1 unspecified atom stereocenters. The van der Waals surface area contributed by atoms with Gasteiger partial charge in [0.2, 0.25) is 0 Å². The SMILES string of the molecule is Cc1ccc(C)c(CC2CCCN2C(=O)NC2CC2)c1. The van der Waals surface area contributed by atoms with Crippen molar-refractivity contribution < 1.29 is 4.79 Å². The highest BCUT2D eigenvalue weighted by atomic mass is 16.2. The van der Waals surface area contributed by atoms with Crippen LogP contribution in [0.5, 0.6) is 0 Å². The molecule has 1 saturated carbocycles. The van der Waals surface area contributed by atoms with Crippen LogP contribution in [0.25, 0.3) is 0 Å². The van der Waals surface area contributed by atoms with Crippen molar-refractivity contribution in [2.24, 2.45) is 0 Å². The second-order valence-electron chi connectivity index (χ2n) is 6.35. The number of benzene rings is 1. The number of carbonyl (C=O) groups is 1. The lowest BCUT2D eigenvalue weighted by Crippen LogP contribution is -2.44. The number of nitrogens with one attached hydrogen (secondary N) is 1. The van der Waals surface area contributed by atoms with Crippen molar-refractivity contribution in [3.8, 4) is 0 Å². The van der Waals surface area contributed by atoms with E-state index in [4.69, 9.17) is 0 Å². The van der Waals surface area contributed by atoms with E-state index in [0.29, 0.717) is 12.1 Å². The fraction of sp³-hybridized carbons (Fsp3) is 0.588. The third-order valence-corrected chi connectivity index (χ3v) is 4.50. The van der Waals surface area contributed by atoms with Crippen LogP contribution in [0.4, 0.5) is 4.79 Å². The summed E-state index contributed by atoms with van der Waals surface area (Å²) >= 11 is 0. The Bertz CT molecular complexity index is 508. The minimum Gasteiger partial charge on any atom is -0.335 e. The Hall–Kier alpha value is -1.51. The molecule has 3 rings (SSSR count). The topological polar surface area (TPSA) is 32.3 Å². The van der Waals surface area contributed by atoms with Gasteiger partial charge in [-0.25, -0.2) is 4.79 Å². The first-order valence-corrected chi connectivity index (χ1v) is 7.77. The molecule has 2 aliphatic rings. The lowest BCUT2D eigenvalue weighted by atomic mass is 9.98. The van der Waals surface area contributed by atoms with Crippen molar-refractivity contribution in [3.05, 3.63) is 34.9 Å². The number of amides is 2. The molecule has 2 fully saturated rings. The predicted octanol–water partition coefficient (Wildman–Crippen LogP) is 3.18. The Kier molecular flexibility index (Phi) is 3.68. The fourth-order valence-corrected chi connectivity index (χ4v) is 3.07. The third kappa shape index (κ3) is 2.97. The molecule has 1 saturated heterocycles. The molecular weight excluding hydrogens is 248 g/mol. The van der Waals surface area contributed by atoms with Gasteiger partial charge in [-0.05, 0) is 57.1 Å². The molecule has 1 heterocycles. The highest BCUT2D eigenvalue weighted by Crippen LogP contribution is 2.25. The molecule has 1 N–H and O–H groups in total. The lowest BCUT2D eigenvalue weighted by Gasteiger charge is -2.25. The fourth-order valence-electron chi connectivity index (χ4n) is 3.07. The highest BCUT2D eigenvalue weighted by molar-refractivity contribution is 5.75. The lowest BCUT2D eigenvalue weighted by molar-refractivity contribution is 0.192. The van der Waals surface area contributed by atoms with Crippen LogP contribution in [-0.2, 0) is 6.42 Å². The summed E-state index contributed by atoms with van der Waals surface area (Å²) in [6.07, 6.45) is 5.56. The average Bonchev–Trinajstić information content (AvgIpc) is 3.10. The maximum atomic E-state index is 12.3. The molecule has 1 aromatic rings. The van der Waals surface area contributed by atoms with E-state index in [1.54, 1.807) is 0 Å². The highest BCUT2D eigenvalue weighted by Gasteiger charge is 2.32. The summed E-state index contributed by atoms with van der Waals surface area (Å²) in [4.78, 5) is 14.3. The first kappa shape index (κ1) is 13.5. The number of hydrogen-bond donors (Lipinski definition) is 1. The standard InChI is InChI=1S/C17H24N2O/c1-12-5-6-13(2)14(10-12)11-16-4-3-9-19(16)17(20)18-15-7-8-15/h5-6,10,15-16H,3-4,7-9,11H2,1-2H3,(H,18,20). The van der Waals surface area contributed by atoms with E-state index in [9.17, 15) is 4.79 Å². The van der Waals surface area contributed by atoms with E-state index < -0.39 is 0 Å². The predicted molar refractivity (Wildman–Crippen MR) is 80.9 cm³/mol. The van der Waals surface area contributed by atoms with Crippen LogP contribution in [0.3, 0.4) is 0 Å². The summed E-state index contributed by atoms with van der Waals surface area (Å²) in [5.41, 5.74) is 4.03.